The second-order valence-electron chi connectivity index (χ2n) is 9.16. The monoisotopic (exact) mass is 414 g/mol. The van der Waals surface area contributed by atoms with Gasteiger partial charge in [-0.3, -0.25) is 14.4 Å². The Morgan fingerprint density at radius 2 is 1.67 bits per heavy atom. The van der Waals surface area contributed by atoms with Crippen LogP contribution in [0.3, 0.4) is 0 Å². The minimum absolute atomic E-state index is 0.0247. The van der Waals surface area contributed by atoms with E-state index in [2.05, 4.69) is 10.6 Å². The molecule has 4 saturated carbocycles. The van der Waals surface area contributed by atoms with Crippen LogP contribution in [0.15, 0.2) is 18.2 Å². The van der Waals surface area contributed by atoms with E-state index in [0.717, 1.165) is 19.3 Å². The van der Waals surface area contributed by atoms with E-state index < -0.39 is 18.5 Å². The van der Waals surface area contributed by atoms with Crippen molar-refractivity contribution in [2.45, 2.75) is 38.5 Å². The topological polar surface area (TPSA) is 103 Å². The van der Waals surface area contributed by atoms with E-state index in [1.165, 1.54) is 19.3 Å². The van der Waals surface area contributed by atoms with E-state index in [1.807, 2.05) is 0 Å². The lowest BCUT2D eigenvalue weighted by atomic mass is 9.49. The highest BCUT2D eigenvalue weighted by Crippen LogP contribution is 2.60. The van der Waals surface area contributed by atoms with Gasteiger partial charge in [-0.15, -0.1) is 0 Å². The van der Waals surface area contributed by atoms with Crippen LogP contribution in [0.2, 0.25) is 0 Å². The minimum Gasteiger partial charge on any atom is -0.454 e. The third kappa shape index (κ3) is 3.70. The van der Waals surface area contributed by atoms with Gasteiger partial charge in [0, 0.05) is 17.2 Å². The molecule has 8 heteroatoms. The molecule has 1 aromatic carbocycles. The number of esters is 1. The van der Waals surface area contributed by atoms with E-state index in [4.69, 9.17) is 14.2 Å². The van der Waals surface area contributed by atoms with E-state index in [-0.39, 0.29) is 24.7 Å². The Hall–Kier alpha value is -2.77. The fourth-order valence-corrected chi connectivity index (χ4v) is 6.10. The van der Waals surface area contributed by atoms with E-state index in [0.29, 0.717) is 34.9 Å². The van der Waals surface area contributed by atoms with Gasteiger partial charge in [0.2, 0.25) is 12.7 Å². The Labute approximate surface area is 174 Å². The van der Waals surface area contributed by atoms with Gasteiger partial charge in [0.15, 0.2) is 18.1 Å². The maximum absolute atomic E-state index is 12.9. The Morgan fingerprint density at radius 1 is 1.00 bits per heavy atom. The molecule has 1 aromatic rings. The number of benzene rings is 1. The summed E-state index contributed by atoms with van der Waals surface area (Å²) in [6, 6.07) is 5.02. The third-order valence-corrected chi connectivity index (χ3v) is 6.93. The molecule has 2 amide bonds. The van der Waals surface area contributed by atoms with Crippen molar-refractivity contribution in [1.29, 1.82) is 0 Å². The van der Waals surface area contributed by atoms with Gasteiger partial charge >= 0.3 is 5.97 Å². The zero-order valence-corrected chi connectivity index (χ0v) is 16.8. The predicted molar refractivity (Wildman–Crippen MR) is 106 cm³/mol. The number of ether oxygens (including phenoxy) is 3. The van der Waals surface area contributed by atoms with Crippen LogP contribution >= 0.6 is 0 Å². The Balaban J connectivity index is 1.07. The summed E-state index contributed by atoms with van der Waals surface area (Å²) >= 11 is 0. The lowest BCUT2D eigenvalue weighted by molar-refractivity contribution is -0.152. The summed E-state index contributed by atoms with van der Waals surface area (Å²) < 4.78 is 15.5. The molecule has 2 N–H and O–H groups in total. The van der Waals surface area contributed by atoms with Gasteiger partial charge in [-0.05, 0) is 68.4 Å². The molecule has 4 aliphatic carbocycles. The van der Waals surface area contributed by atoms with Crippen molar-refractivity contribution in [2.24, 2.45) is 23.2 Å². The summed E-state index contributed by atoms with van der Waals surface area (Å²) in [5.74, 6) is 2.05. The molecule has 0 aromatic heterocycles. The summed E-state index contributed by atoms with van der Waals surface area (Å²) in [4.78, 5) is 36.9. The van der Waals surface area contributed by atoms with Crippen molar-refractivity contribution >= 4 is 23.5 Å². The fourth-order valence-electron chi connectivity index (χ4n) is 6.10. The highest BCUT2D eigenvalue weighted by atomic mass is 16.7. The van der Waals surface area contributed by atoms with Crippen LogP contribution in [0.5, 0.6) is 11.5 Å². The fraction of sp³-hybridized carbons (Fsp3) is 0.591. The zero-order valence-electron chi connectivity index (χ0n) is 16.8. The number of nitrogens with one attached hydrogen (secondary N) is 2. The summed E-state index contributed by atoms with van der Waals surface area (Å²) in [7, 11) is 0. The number of rotatable bonds is 6. The largest absolute Gasteiger partial charge is 0.454 e. The molecule has 0 atom stereocenters. The van der Waals surface area contributed by atoms with Crippen molar-refractivity contribution in [2.75, 3.05) is 25.3 Å². The van der Waals surface area contributed by atoms with Crippen molar-refractivity contribution < 1.29 is 28.6 Å². The van der Waals surface area contributed by atoms with Crippen molar-refractivity contribution in [1.82, 2.24) is 5.32 Å². The van der Waals surface area contributed by atoms with Crippen molar-refractivity contribution in [3.05, 3.63) is 18.2 Å². The summed E-state index contributed by atoms with van der Waals surface area (Å²) in [5, 5.41) is 5.41. The second-order valence-corrected chi connectivity index (χ2v) is 9.16. The number of carbonyl (C=O) groups excluding carboxylic acids is 3. The first kappa shape index (κ1) is 19.2. The average molecular weight is 414 g/mol. The number of carbonyl (C=O) groups is 3. The van der Waals surface area contributed by atoms with Gasteiger partial charge < -0.3 is 24.8 Å². The van der Waals surface area contributed by atoms with Gasteiger partial charge in [0.05, 0.1) is 0 Å². The molecule has 0 spiro atoms. The van der Waals surface area contributed by atoms with Crippen molar-refractivity contribution in [3.8, 4) is 11.5 Å². The molecule has 6 rings (SSSR count). The third-order valence-electron chi connectivity index (χ3n) is 6.93. The second kappa shape index (κ2) is 7.49. The number of hydrogen-bond donors (Lipinski definition) is 2. The Bertz CT molecular complexity index is 847. The highest BCUT2D eigenvalue weighted by molar-refractivity contribution is 5.93. The SMILES string of the molecule is O=C(COC(=O)CNC(=O)C12CC3CC(CC(C3)C1)C2)Nc1ccc2c(c1)OCO2. The predicted octanol–water partition coefficient (Wildman–Crippen LogP) is 2.23. The smallest absolute Gasteiger partial charge is 0.325 e. The van der Waals surface area contributed by atoms with Crippen LogP contribution in [0.4, 0.5) is 5.69 Å². The first-order chi connectivity index (χ1) is 14.5. The van der Waals surface area contributed by atoms with Gasteiger partial charge in [-0.25, -0.2) is 0 Å². The lowest BCUT2D eigenvalue weighted by Gasteiger charge is -2.55. The minimum atomic E-state index is -0.617. The molecule has 1 aliphatic heterocycles. The normalized spacial score (nSPS) is 30.1. The van der Waals surface area contributed by atoms with Crippen LogP contribution in [-0.2, 0) is 19.1 Å². The molecule has 0 radical (unpaired) electrons. The van der Waals surface area contributed by atoms with Crippen molar-refractivity contribution in [3.63, 3.8) is 0 Å². The number of fused-ring (bicyclic) bond motifs is 1. The van der Waals surface area contributed by atoms with Crippen LogP contribution in [0.1, 0.15) is 38.5 Å². The van der Waals surface area contributed by atoms with Crippen LogP contribution < -0.4 is 20.1 Å². The molecule has 30 heavy (non-hydrogen) atoms. The number of anilines is 1. The average Bonchev–Trinajstić information content (AvgIpc) is 3.17. The first-order valence-corrected chi connectivity index (χ1v) is 10.6. The van der Waals surface area contributed by atoms with E-state index in [9.17, 15) is 14.4 Å². The quantitative estimate of drug-likeness (QED) is 0.692. The van der Waals surface area contributed by atoms with Crippen LogP contribution in [-0.4, -0.2) is 37.7 Å². The number of hydrogen-bond acceptors (Lipinski definition) is 6. The molecular formula is C22H26N2O6. The maximum Gasteiger partial charge on any atom is 0.325 e. The molecule has 160 valence electrons. The molecule has 5 aliphatic rings. The van der Waals surface area contributed by atoms with Gasteiger partial charge in [-0.2, -0.15) is 0 Å². The zero-order chi connectivity index (χ0) is 20.7. The van der Waals surface area contributed by atoms with Crippen LogP contribution in [0.25, 0.3) is 0 Å². The highest BCUT2D eigenvalue weighted by Gasteiger charge is 2.54. The van der Waals surface area contributed by atoms with E-state index in [1.54, 1.807) is 18.2 Å². The molecule has 4 fully saturated rings. The standard InChI is InChI=1S/C22H26N2O6/c25-19(24-16-1-2-17-18(6-16)30-12-29-17)11-28-20(26)10-23-21(27)22-7-13-3-14(8-22)5-15(4-13)9-22/h1-2,6,13-15H,3-5,7-12H2,(H,23,27)(H,24,25). The van der Waals surface area contributed by atoms with Gasteiger partial charge in [0.1, 0.15) is 6.54 Å². The molecule has 0 saturated heterocycles. The molecule has 4 bridgehead atoms. The summed E-state index contributed by atoms with van der Waals surface area (Å²) in [6.07, 6.45) is 6.60. The summed E-state index contributed by atoms with van der Waals surface area (Å²) in [5.41, 5.74) is 0.224. The molecule has 1 heterocycles. The number of amides is 2. The lowest BCUT2D eigenvalue weighted by Crippen LogP contribution is -2.54. The summed E-state index contributed by atoms with van der Waals surface area (Å²) in [6.45, 7) is -0.474. The van der Waals surface area contributed by atoms with Gasteiger partial charge in [0.25, 0.3) is 5.91 Å². The van der Waals surface area contributed by atoms with E-state index >= 15 is 0 Å². The molecule has 0 unspecified atom stereocenters. The Morgan fingerprint density at radius 3 is 2.37 bits per heavy atom. The Kier molecular flexibility index (Phi) is 4.79. The first-order valence-electron chi connectivity index (χ1n) is 10.6. The van der Waals surface area contributed by atoms with Crippen LogP contribution in [0, 0.1) is 23.2 Å². The maximum atomic E-state index is 12.9. The molecular weight excluding hydrogens is 388 g/mol. The molecule has 8 nitrogen and oxygen atoms in total. The van der Waals surface area contributed by atoms with Gasteiger partial charge in [-0.1, -0.05) is 0 Å².